The summed E-state index contributed by atoms with van der Waals surface area (Å²) >= 11 is 0. The van der Waals surface area contributed by atoms with Crippen LogP contribution < -0.4 is 4.74 Å². The third kappa shape index (κ3) is 5.23. The molecule has 0 bridgehead atoms. The third-order valence-corrected chi connectivity index (χ3v) is 10.4. The van der Waals surface area contributed by atoms with E-state index in [2.05, 4.69) is 26.0 Å². The second-order valence-electron chi connectivity index (χ2n) is 12.5. The zero-order valence-corrected chi connectivity index (χ0v) is 24.0. The van der Waals surface area contributed by atoms with Gasteiger partial charge >= 0.3 is 0 Å². The van der Waals surface area contributed by atoms with Gasteiger partial charge < -0.3 is 37.9 Å². The van der Waals surface area contributed by atoms with Crippen molar-refractivity contribution in [3.8, 4) is 5.75 Å². The van der Waals surface area contributed by atoms with Crippen LogP contribution in [0, 0.1) is 28.6 Å². The molecule has 0 spiro atoms. The van der Waals surface area contributed by atoms with E-state index in [0.717, 1.165) is 42.6 Å². The Morgan fingerprint density at radius 3 is 2.20 bits per heavy atom. The van der Waals surface area contributed by atoms with Gasteiger partial charge in [-0.3, -0.25) is 0 Å². The average Bonchev–Trinajstić information content (AvgIpc) is 3.76. The van der Waals surface area contributed by atoms with Crippen LogP contribution in [0.3, 0.4) is 0 Å². The van der Waals surface area contributed by atoms with E-state index in [9.17, 15) is 5.11 Å². The highest BCUT2D eigenvalue weighted by Crippen LogP contribution is 2.66. The van der Waals surface area contributed by atoms with Crippen LogP contribution in [-0.4, -0.2) is 57.3 Å². The van der Waals surface area contributed by atoms with Gasteiger partial charge in [-0.05, 0) is 72.6 Å². The van der Waals surface area contributed by atoms with Gasteiger partial charge in [0.25, 0.3) is 0 Å². The van der Waals surface area contributed by atoms with Crippen LogP contribution in [0.4, 0.5) is 0 Å². The normalized spacial score (nSPS) is 36.0. The van der Waals surface area contributed by atoms with Crippen LogP contribution in [0.2, 0.25) is 0 Å². The molecule has 8 heteroatoms. The number of fused-ring (bicyclic) bond motifs is 1. The zero-order chi connectivity index (χ0) is 27.7. The maximum Gasteiger partial charge on any atom is 0.161 e. The highest BCUT2D eigenvalue weighted by atomic mass is 16.7. The molecule has 3 heterocycles. The average molecular weight is 557 g/mol. The topological polar surface area (TPSA) is 88.8 Å². The highest BCUT2D eigenvalue weighted by molar-refractivity contribution is 5.26. The number of hydrogen-bond acceptors (Lipinski definition) is 8. The van der Waals surface area contributed by atoms with Crippen LogP contribution in [0.15, 0.2) is 47.3 Å². The van der Waals surface area contributed by atoms with Crippen molar-refractivity contribution < 1.29 is 37.9 Å². The highest BCUT2D eigenvalue weighted by Gasteiger charge is 2.64. The van der Waals surface area contributed by atoms with Crippen LogP contribution in [0.5, 0.6) is 5.75 Å². The summed E-state index contributed by atoms with van der Waals surface area (Å²) < 4.78 is 42.2. The van der Waals surface area contributed by atoms with Gasteiger partial charge in [-0.1, -0.05) is 26.0 Å². The van der Waals surface area contributed by atoms with Gasteiger partial charge in [0.1, 0.15) is 5.75 Å². The first-order valence-electron chi connectivity index (χ1n) is 14.8. The van der Waals surface area contributed by atoms with Gasteiger partial charge in [0.05, 0.1) is 64.9 Å². The number of hydrogen-bond donors (Lipinski definition) is 1. The van der Waals surface area contributed by atoms with Gasteiger partial charge in [-0.2, -0.15) is 0 Å². The summed E-state index contributed by atoms with van der Waals surface area (Å²) in [6, 6.07) is 9.94. The van der Waals surface area contributed by atoms with Crippen LogP contribution in [0.25, 0.3) is 0 Å². The van der Waals surface area contributed by atoms with E-state index in [1.54, 1.807) is 19.6 Å². The number of benzene rings is 1. The molecule has 220 valence electrons. The smallest absolute Gasteiger partial charge is 0.161 e. The molecule has 7 atom stereocenters. The van der Waals surface area contributed by atoms with Crippen LogP contribution in [-0.2, 0) is 30.3 Å². The third-order valence-electron chi connectivity index (χ3n) is 10.4. The summed E-state index contributed by atoms with van der Waals surface area (Å²) in [5.74, 6) is 1.32. The predicted molar refractivity (Wildman–Crippen MR) is 146 cm³/mol. The molecule has 1 N–H and O–H groups in total. The van der Waals surface area contributed by atoms with Gasteiger partial charge in [-0.25, -0.2) is 0 Å². The van der Waals surface area contributed by atoms with Gasteiger partial charge in [0.15, 0.2) is 12.6 Å². The Hall–Kier alpha value is -1.94. The fourth-order valence-electron chi connectivity index (χ4n) is 8.54. The molecule has 2 aliphatic carbocycles. The fraction of sp³-hybridized carbons (Fsp3) is 0.688. The molecule has 4 fully saturated rings. The molecule has 2 aliphatic heterocycles. The Morgan fingerprint density at radius 1 is 0.900 bits per heavy atom. The molecule has 2 aromatic rings. The summed E-state index contributed by atoms with van der Waals surface area (Å²) in [6.45, 7) is 7.75. The summed E-state index contributed by atoms with van der Waals surface area (Å²) in [5, 5.41) is 11.5. The maximum absolute atomic E-state index is 11.5. The number of furan rings is 1. The Balaban J connectivity index is 1.36. The quantitative estimate of drug-likeness (QED) is 0.434. The summed E-state index contributed by atoms with van der Waals surface area (Å²) in [4.78, 5) is 0. The lowest BCUT2D eigenvalue weighted by atomic mass is 9.43. The molecular weight excluding hydrogens is 512 g/mol. The number of methoxy groups -OCH3 is 1. The Labute approximate surface area is 237 Å². The first kappa shape index (κ1) is 28.2. The molecule has 0 radical (unpaired) electrons. The van der Waals surface area contributed by atoms with Crippen molar-refractivity contribution in [3.63, 3.8) is 0 Å². The van der Waals surface area contributed by atoms with Crippen LogP contribution >= 0.6 is 0 Å². The SMILES string of the molecule is COc1ccc(CO[C@H]2CC[C@@H](C3OCCO3)[C@]3(C)CC[C@@H](C4OCCO4)[C@](C)(C[C@H](O)c4ccoc4)[C@@H]23)cc1. The molecule has 2 saturated carbocycles. The van der Waals surface area contributed by atoms with Crippen molar-refractivity contribution in [3.05, 3.63) is 54.0 Å². The number of aliphatic hydroxyl groups is 1. The largest absolute Gasteiger partial charge is 0.497 e. The molecular formula is C32H44O8. The van der Waals surface area contributed by atoms with Crippen molar-refractivity contribution in [2.45, 2.75) is 77.3 Å². The number of aliphatic hydroxyl groups excluding tert-OH is 1. The van der Waals surface area contributed by atoms with Crippen molar-refractivity contribution in [2.75, 3.05) is 33.5 Å². The molecule has 2 saturated heterocycles. The Morgan fingerprint density at radius 2 is 1.57 bits per heavy atom. The number of ether oxygens (including phenoxy) is 6. The summed E-state index contributed by atoms with van der Waals surface area (Å²) in [5.41, 5.74) is 1.45. The molecule has 1 aromatic carbocycles. The lowest BCUT2D eigenvalue weighted by Crippen LogP contribution is -2.62. The predicted octanol–water partition coefficient (Wildman–Crippen LogP) is 5.49. The number of rotatable bonds is 9. The monoisotopic (exact) mass is 556 g/mol. The Bertz CT molecular complexity index is 1080. The van der Waals surface area contributed by atoms with Crippen molar-refractivity contribution in [1.29, 1.82) is 0 Å². The lowest BCUT2D eigenvalue weighted by molar-refractivity contribution is -0.257. The molecule has 1 aromatic heterocycles. The van der Waals surface area contributed by atoms with E-state index in [0.29, 0.717) is 39.5 Å². The summed E-state index contributed by atoms with van der Waals surface area (Å²) in [7, 11) is 1.68. The van der Waals surface area contributed by atoms with Crippen molar-refractivity contribution >= 4 is 0 Å². The maximum atomic E-state index is 11.5. The molecule has 0 unspecified atom stereocenters. The standard InChI is InChI=1S/C32H44O8/c1-31-12-10-25(30-38-16-17-39-30)32(2,18-26(33)22-11-13-35-20-22)28(31)27(9-8-24(31)29-36-14-15-37-29)40-19-21-4-6-23(34-3)7-5-21/h4-7,11,13,20,24-30,33H,8-10,12,14-19H2,1-3H3/t24-,25-,26-,27-,28-,31-,32-/m0/s1. The van der Waals surface area contributed by atoms with E-state index in [4.69, 9.17) is 32.8 Å². The van der Waals surface area contributed by atoms with Gasteiger partial charge in [0.2, 0.25) is 0 Å². The van der Waals surface area contributed by atoms with E-state index in [-0.39, 0.29) is 47.3 Å². The summed E-state index contributed by atoms with van der Waals surface area (Å²) in [6.07, 6.45) is 6.50. The van der Waals surface area contributed by atoms with E-state index in [1.165, 1.54) is 0 Å². The minimum atomic E-state index is -0.670. The van der Waals surface area contributed by atoms with Gasteiger partial charge in [-0.15, -0.1) is 0 Å². The van der Waals surface area contributed by atoms with E-state index < -0.39 is 6.10 Å². The molecule has 4 aliphatic rings. The minimum absolute atomic E-state index is 0.00416. The Kier molecular flexibility index (Phi) is 8.28. The first-order chi connectivity index (χ1) is 19.4. The van der Waals surface area contributed by atoms with E-state index >= 15 is 0 Å². The minimum Gasteiger partial charge on any atom is -0.497 e. The van der Waals surface area contributed by atoms with E-state index in [1.807, 2.05) is 18.2 Å². The second kappa shape index (κ2) is 11.7. The molecule has 40 heavy (non-hydrogen) atoms. The van der Waals surface area contributed by atoms with Gasteiger partial charge in [0, 0.05) is 17.4 Å². The molecule has 8 nitrogen and oxygen atoms in total. The zero-order valence-electron chi connectivity index (χ0n) is 24.0. The molecule has 6 rings (SSSR count). The fourth-order valence-corrected chi connectivity index (χ4v) is 8.54. The van der Waals surface area contributed by atoms with Crippen molar-refractivity contribution in [2.24, 2.45) is 28.6 Å². The van der Waals surface area contributed by atoms with Crippen LogP contribution in [0.1, 0.15) is 63.2 Å². The first-order valence-corrected chi connectivity index (χ1v) is 14.8. The van der Waals surface area contributed by atoms with Crippen molar-refractivity contribution in [1.82, 2.24) is 0 Å². The lowest BCUT2D eigenvalue weighted by Gasteiger charge is -2.64. The second-order valence-corrected chi connectivity index (χ2v) is 12.5. The molecule has 0 amide bonds.